The van der Waals surface area contributed by atoms with Gasteiger partial charge in [0.05, 0.1) is 6.21 Å². The van der Waals surface area contributed by atoms with E-state index in [-0.39, 0.29) is 5.91 Å². The Bertz CT molecular complexity index is 709. The highest BCUT2D eigenvalue weighted by molar-refractivity contribution is 5.84. The van der Waals surface area contributed by atoms with Crippen LogP contribution in [0.25, 0.3) is 0 Å². The van der Waals surface area contributed by atoms with Crippen molar-refractivity contribution in [2.24, 2.45) is 5.10 Å². The maximum atomic E-state index is 12.0. The van der Waals surface area contributed by atoms with Crippen molar-refractivity contribution < 1.29 is 9.53 Å². The topological polar surface area (TPSA) is 53.9 Å². The number of benzene rings is 2. The first-order valence-corrected chi connectivity index (χ1v) is 7.79. The summed E-state index contributed by atoms with van der Waals surface area (Å²) in [6.07, 6.45) is 0.983. The van der Waals surface area contributed by atoms with Crippen molar-refractivity contribution >= 4 is 17.8 Å². The van der Waals surface area contributed by atoms with Gasteiger partial charge in [0.25, 0.3) is 5.91 Å². The van der Waals surface area contributed by atoms with Crippen LogP contribution in [0.5, 0.6) is 5.75 Å². The first-order valence-electron chi connectivity index (χ1n) is 7.79. The van der Waals surface area contributed by atoms with E-state index >= 15 is 0 Å². The molecule has 0 saturated heterocycles. The highest BCUT2D eigenvalue weighted by atomic mass is 16.5. The largest absolute Gasteiger partial charge is 0.481 e. The van der Waals surface area contributed by atoms with Crippen molar-refractivity contribution in [2.75, 3.05) is 19.0 Å². The maximum Gasteiger partial charge on any atom is 0.280 e. The fraction of sp³-hybridized carbons (Fsp3) is 0.263. The van der Waals surface area contributed by atoms with Crippen LogP contribution in [0.3, 0.4) is 0 Å². The molecule has 1 amide bonds. The van der Waals surface area contributed by atoms with Gasteiger partial charge in [0.1, 0.15) is 5.75 Å². The van der Waals surface area contributed by atoms with Gasteiger partial charge < -0.3 is 9.64 Å². The van der Waals surface area contributed by atoms with Crippen LogP contribution in [0.4, 0.5) is 5.69 Å². The van der Waals surface area contributed by atoms with Crippen LogP contribution in [0, 0.1) is 6.92 Å². The first kappa shape index (κ1) is 17.5. The molecule has 0 radical (unpaired) electrons. The third-order valence-electron chi connectivity index (χ3n) is 3.47. The zero-order valence-corrected chi connectivity index (χ0v) is 14.5. The standard InChI is InChI=1S/C19H23N3O2/c1-14-6-5-7-18(12-14)24-15(2)19(23)21-20-13-16-8-10-17(11-9-16)22(3)4/h5-13,15H,1-4H3,(H,21,23)/b20-13+/t15-/m1/s1. The van der Waals surface area contributed by atoms with Gasteiger partial charge in [0, 0.05) is 19.8 Å². The Hall–Kier alpha value is -2.82. The minimum Gasteiger partial charge on any atom is -0.481 e. The molecule has 0 unspecified atom stereocenters. The molecular formula is C19H23N3O2. The normalized spacial score (nSPS) is 12.0. The van der Waals surface area contributed by atoms with Crippen LogP contribution in [0.2, 0.25) is 0 Å². The zero-order chi connectivity index (χ0) is 17.5. The number of amides is 1. The Labute approximate surface area is 142 Å². The molecule has 2 aromatic rings. The summed E-state index contributed by atoms with van der Waals surface area (Å²) in [5.74, 6) is 0.374. The van der Waals surface area contributed by atoms with Crippen LogP contribution in [-0.4, -0.2) is 32.3 Å². The number of hydrogen-bond acceptors (Lipinski definition) is 4. The molecule has 0 saturated carbocycles. The smallest absolute Gasteiger partial charge is 0.280 e. The lowest BCUT2D eigenvalue weighted by Crippen LogP contribution is -2.33. The van der Waals surface area contributed by atoms with Gasteiger partial charge in [-0.3, -0.25) is 4.79 Å². The van der Waals surface area contributed by atoms with Crippen molar-refractivity contribution in [1.29, 1.82) is 0 Å². The van der Waals surface area contributed by atoms with Gasteiger partial charge in [-0.15, -0.1) is 0 Å². The van der Waals surface area contributed by atoms with Crippen molar-refractivity contribution in [3.8, 4) is 5.75 Å². The number of aryl methyl sites for hydroxylation is 1. The molecule has 0 fully saturated rings. The Morgan fingerprint density at radius 2 is 1.92 bits per heavy atom. The Morgan fingerprint density at radius 1 is 1.21 bits per heavy atom. The van der Waals surface area contributed by atoms with Gasteiger partial charge in [-0.25, -0.2) is 5.43 Å². The minimum absolute atomic E-state index is 0.294. The van der Waals surface area contributed by atoms with E-state index in [1.807, 2.05) is 74.4 Å². The van der Waals surface area contributed by atoms with E-state index < -0.39 is 6.10 Å². The summed E-state index contributed by atoms with van der Waals surface area (Å²) in [4.78, 5) is 14.0. The molecule has 0 bridgehead atoms. The number of carbonyl (C=O) groups excluding carboxylic acids is 1. The molecule has 0 spiro atoms. The number of anilines is 1. The average Bonchev–Trinajstić information content (AvgIpc) is 2.55. The number of hydrazone groups is 1. The summed E-state index contributed by atoms with van der Waals surface area (Å²) < 4.78 is 5.61. The number of carbonyl (C=O) groups is 1. The van der Waals surface area contributed by atoms with E-state index in [4.69, 9.17) is 4.74 Å². The van der Waals surface area contributed by atoms with Gasteiger partial charge in [0.2, 0.25) is 0 Å². The molecule has 1 N–H and O–H groups in total. The van der Waals surface area contributed by atoms with E-state index in [1.54, 1.807) is 13.1 Å². The molecule has 126 valence electrons. The molecule has 0 aliphatic heterocycles. The summed E-state index contributed by atoms with van der Waals surface area (Å²) in [6, 6.07) is 15.5. The second kappa shape index (κ2) is 8.15. The second-order valence-electron chi connectivity index (χ2n) is 5.80. The predicted molar refractivity (Wildman–Crippen MR) is 97.8 cm³/mol. The SMILES string of the molecule is Cc1cccc(O[C@H](C)C(=O)N/N=C/c2ccc(N(C)C)cc2)c1. The van der Waals surface area contributed by atoms with Crippen molar-refractivity contribution in [3.05, 3.63) is 59.7 Å². The first-order chi connectivity index (χ1) is 11.5. The number of nitrogens with zero attached hydrogens (tertiary/aromatic N) is 2. The molecular weight excluding hydrogens is 302 g/mol. The molecule has 0 heterocycles. The summed E-state index contributed by atoms with van der Waals surface area (Å²) in [7, 11) is 3.97. The van der Waals surface area contributed by atoms with E-state index in [1.165, 1.54) is 0 Å². The number of nitrogens with one attached hydrogen (secondary N) is 1. The van der Waals surface area contributed by atoms with Gasteiger partial charge in [0.15, 0.2) is 6.10 Å². The van der Waals surface area contributed by atoms with Crippen LogP contribution >= 0.6 is 0 Å². The summed E-state index contributed by atoms with van der Waals surface area (Å²) >= 11 is 0. The molecule has 5 heteroatoms. The third kappa shape index (κ3) is 5.12. The highest BCUT2D eigenvalue weighted by Crippen LogP contribution is 2.14. The van der Waals surface area contributed by atoms with E-state index in [9.17, 15) is 4.79 Å². The van der Waals surface area contributed by atoms with Gasteiger partial charge in [-0.05, 0) is 49.2 Å². The Balaban J connectivity index is 1.87. The molecule has 0 aliphatic carbocycles. The fourth-order valence-corrected chi connectivity index (χ4v) is 2.07. The lowest BCUT2D eigenvalue weighted by Gasteiger charge is -2.13. The number of rotatable bonds is 6. The van der Waals surface area contributed by atoms with Crippen LogP contribution in [0.15, 0.2) is 53.6 Å². The molecule has 2 aromatic carbocycles. The van der Waals surface area contributed by atoms with E-state index in [0.717, 1.165) is 16.8 Å². The summed E-state index contributed by atoms with van der Waals surface area (Å²) in [6.45, 7) is 3.67. The highest BCUT2D eigenvalue weighted by Gasteiger charge is 2.13. The van der Waals surface area contributed by atoms with Gasteiger partial charge in [-0.1, -0.05) is 24.3 Å². The van der Waals surface area contributed by atoms with Crippen LogP contribution in [-0.2, 0) is 4.79 Å². The molecule has 24 heavy (non-hydrogen) atoms. The lowest BCUT2D eigenvalue weighted by atomic mass is 10.2. The quantitative estimate of drug-likeness (QED) is 0.656. The molecule has 1 atom stereocenters. The van der Waals surface area contributed by atoms with Crippen molar-refractivity contribution in [3.63, 3.8) is 0 Å². The van der Waals surface area contributed by atoms with Crippen molar-refractivity contribution in [2.45, 2.75) is 20.0 Å². The average molecular weight is 325 g/mol. The molecule has 0 aliphatic rings. The predicted octanol–water partition coefficient (Wildman–Crippen LogP) is 2.98. The van der Waals surface area contributed by atoms with E-state index in [2.05, 4.69) is 10.5 Å². The van der Waals surface area contributed by atoms with Crippen molar-refractivity contribution in [1.82, 2.24) is 5.43 Å². The fourth-order valence-electron chi connectivity index (χ4n) is 2.07. The maximum absolute atomic E-state index is 12.0. The van der Waals surface area contributed by atoms with Gasteiger partial charge in [-0.2, -0.15) is 5.10 Å². The molecule has 0 aromatic heterocycles. The minimum atomic E-state index is -0.625. The molecule has 2 rings (SSSR count). The van der Waals surface area contributed by atoms with Crippen LogP contribution in [0.1, 0.15) is 18.1 Å². The number of hydrogen-bond donors (Lipinski definition) is 1. The number of ether oxygens (including phenoxy) is 1. The summed E-state index contributed by atoms with van der Waals surface area (Å²) in [5.41, 5.74) is 5.60. The van der Waals surface area contributed by atoms with Crippen LogP contribution < -0.4 is 15.1 Å². The lowest BCUT2D eigenvalue weighted by molar-refractivity contribution is -0.127. The zero-order valence-electron chi connectivity index (χ0n) is 14.5. The Kier molecular flexibility index (Phi) is 5.95. The third-order valence-corrected chi connectivity index (χ3v) is 3.47. The monoisotopic (exact) mass is 325 g/mol. The van der Waals surface area contributed by atoms with E-state index in [0.29, 0.717) is 5.75 Å². The second-order valence-corrected chi connectivity index (χ2v) is 5.80. The summed E-state index contributed by atoms with van der Waals surface area (Å²) in [5, 5.41) is 3.98. The molecule has 5 nitrogen and oxygen atoms in total. The Morgan fingerprint density at radius 3 is 2.54 bits per heavy atom. The van der Waals surface area contributed by atoms with Gasteiger partial charge >= 0.3 is 0 Å².